The van der Waals surface area contributed by atoms with Crippen molar-refractivity contribution in [1.82, 2.24) is 9.97 Å². The van der Waals surface area contributed by atoms with Crippen LogP contribution >= 0.6 is 0 Å². The monoisotopic (exact) mass is 263 g/mol. The van der Waals surface area contributed by atoms with E-state index in [2.05, 4.69) is 47.3 Å². The van der Waals surface area contributed by atoms with Crippen molar-refractivity contribution in [1.29, 1.82) is 0 Å². The highest BCUT2D eigenvalue weighted by Crippen LogP contribution is 2.27. The molecule has 2 heterocycles. The maximum atomic E-state index is 4.47. The Hall–Kier alpha value is -2.42. The molecule has 2 aromatic heterocycles. The zero-order valence-corrected chi connectivity index (χ0v) is 11.7. The predicted octanol–water partition coefficient (Wildman–Crippen LogP) is 4.11. The topological polar surface area (TPSA) is 37.8 Å². The van der Waals surface area contributed by atoms with Crippen molar-refractivity contribution in [2.45, 2.75) is 19.9 Å². The Labute approximate surface area is 118 Å². The summed E-state index contributed by atoms with van der Waals surface area (Å²) in [6.07, 6.45) is 3.66. The van der Waals surface area contributed by atoms with Crippen LogP contribution in [0.25, 0.3) is 10.9 Å². The number of hydrogen-bond donors (Lipinski definition) is 1. The van der Waals surface area contributed by atoms with Crippen molar-refractivity contribution in [2.75, 3.05) is 5.32 Å². The number of pyridine rings is 2. The highest BCUT2D eigenvalue weighted by Gasteiger charge is 2.09. The lowest BCUT2D eigenvalue weighted by molar-refractivity contribution is 0.841. The number of anilines is 1. The second kappa shape index (κ2) is 5.29. The third kappa shape index (κ3) is 2.35. The Morgan fingerprint density at radius 3 is 2.60 bits per heavy atom. The van der Waals surface area contributed by atoms with Crippen LogP contribution in [0.3, 0.4) is 0 Å². The first-order valence-corrected chi connectivity index (χ1v) is 6.77. The lowest BCUT2D eigenvalue weighted by Crippen LogP contribution is -2.08. The molecule has 1 N–H and O–H groups in total. The van der Waals surface area contributed by atoms with Crippen molar-refractivity contribution in [3.63, 3.8) is 0 Å². The van der Waals surface area contributed by atoms with Crippen LogP contribution in [0.4, 0.5) is 5.69 Å². The Morgan fingerprint density at radius 1 is 0.950 bits per heavy atom. The number of benzene rings is 1. The molecule has 3 nitrogen and oxygen atoms in total. The third-order valence-corrected chi connectivity index (χ3v) is 3.47. The molecule has 0 aliphatic rings. The highest BCUT2D eigenvalue weighted by molar-refractivity contribution is 5.93. The Bertz CT molecular complexity index is 723. The van der Waals surface area contributed by atoms with Crippen molar-refractivity contribution >= 4 is 16.6 Å². The lowest BCUT2D eigenvalue weighted by Gasteiger charge is -2.17. The van der Waals surface area contributed by atoms with Gasteiger partial charge < -0.3 is 5.32 Å². The summed E-state index contributed by atoms with van der Waals surface area (Å²) < 4.78 is 0. The van der Waals surface area contributed by atoms with Gasteiger partial charge in [-0.05, 0) is 49.7 Å². The molecule has 1 unspecified atom stereocenters. The van der Waals surface area contributed by atoms with Crippen molar-refractivity contribution in [3.05, 3.63) is 66.1 Å². The molecule has 0 saturated carbocycles. The normalized spacial score (nSPS) is 12.3. The van der Waals surface area contributed by atoms with Gasteiger partial charge in [-0.15, -0.1) is 0 Å². The summed E-state index contributed by atoms with van der Waals surface area (Å²) in [5.74, 6) is 0. The van der Waals surface area contributed by atoms with E-state index in [0.29, 0.717) is 0 Å². The van der Waals surface area contributed by atoms with Crippen LogP contribution in [-0.2, 0) is 0 Å². The second-order valence-electron chi connectivity index (χ2n) is 4.95. The van der Waals surface area contributed by atoms with Gasteiger partial charge in [-0.25, -0.2) is 0 Å². The van der Waals surface area contributed by atoms with Crippen LogP contribution in [-0.4, -0.2) is 9.97 Å². The maximum absolute atomic E-state index is 4.47. The van der Waals surface area contributed by atoms with Crippen LogP contribution in [0.1, 0.15) is 24.2 Å². The van der Waals surface area contributed by atoms with Gasteiger partial charge in [0.1, 0.15) is 0 Å². The quantitative estimate of drug-likeness (QED) is 0.772. The molecule has 1 aromatic carbocycles. The van der Waals surface area contributed by atoms with Crippen LogP contribution in [0.15, 0.2) is 54.9 Å². The lowest BCUT2D eigenvalue weighted by atomic mass is 10.1. The number of aryl methyl sites for hydroxylation is 1. The molecular weight excluding hydrogens is 246 g/mol. The molecule has 0 radical (unpaired) electrons. The molecule has 0 amide bonds. The number of nitrogens with one attached hydrogen (secondary N) is 1. The summed E-state index contributed by atoms with van der Waals surface area (Å²) in [5.41, 5.74) is 4.37. The smallest absolute Gasteiger partial charge is 0.0751 e. The van der Waals surface area contributed by atoms with E-state index in [0.717, 1.165) is 22.3 Å². The van der Waals surface area contributed by atoms with Gasteiger partial charge in [0.05, 0.1) is 17.3 Å². The van der Waals surface area contributed by atoms with E-state index in [1.807, 2.05) is 36.7 Å². The van der Waals surface area contributed by atoms with Gasteiger partial charge in [0, 0.05) is 23.5 Å². The van der Waals surface area contributed by atoms with E-state index < -0.39 is 0 Å². The molecule has 3 aromatic rings. The third-order valence-electron chi connectivity index (χ3n) is 3.47. The molecule has 20 heavy (non-hydrogen) atoms. The van der Waals surface area contributed by atoms with E-state index in [1.165, 1.54) is 5.56 Å². The Balaban J connectivity index is 1.97. The van der Waals surface area contributed by atoms with Gasteiger partial charge in [-0.1, -0.05) is 12.1 Å². The van der Waals surface area contributed by atoms with Crippen molar-refractivity contribution in [3.8, 4) is 0 Å². The Kier molecular flexibility index (Phi) is 3.33. The van der Waals surface area contributed by atoms with E-state index in [9.17, 15) is 0 Å². The average Bonchev–Trinajstić information content (AvgIpc) is 2.51. The number of hydrogen-bond acceptors (Lipinski definition) is 3. The van der Waals surface area contributed by atoms with Gasteiger partial charge in [-0.3, -0.25) is 9.97 Å². The van der Waals surface area contributed by atoms with Crippen LogP contribution in [0.5, 0.6) is 0 Å². The zero-order chi connectivity index (χ0) is 13.9. The standard InChI is InChI=1S/C17H17N3/c1-12-8-9-16(14-6-5-11-19-17(12)14)20-13(2)15-7-3-4-10-18-15/h3-11,13,20H,1-2H3. The molecule has 0 saturated heterocycles. The fourth-order valence-electron chi connectivity index (χ4n) is 2.38. The van der Waals surface area contributed by atoms with Gasteiger partial charge in [0.15, 0.2) is 0 Å². The zero-order valence-electron chi connectivity index (χ0n) is 11.7. The summed E-state index contributed by atoms with van der Waals surface area (Å²) in [6.45, 7) is 4.20. The summed E-state index contributed by atoms with van der Waals surface area (Å²) in [7, 11) is 0. The molecule has 0 fully saturated rings. The van der Waals surface area contributed by atoms with Crippen LogP contribution in [0, 0.1) is 6.92 Å². The summed E-state index contributed by atoms with van der Waals surface area (Å²) in [5, 5.41) is 4.67. The fraction of sp³-hybridized carbons (Fsp3) is 0.176. The number of rotatable bonds is 3. The van der Waals surface area contributed by atoms with Gasteiger partial charge >= 0.3 is 0 Å². The minimum Gasteiger partial charge on any atom is -0.376 e. The first kappa shape index (κ1) is 12.6. The Morgan fingerprint density at radius 2 is 1.80 bits per heavy atom. The summed E-state index contributed by atoms with van der Waals surface area (Å²) in [4.78, 5) is 8.86. The van der Waals surface area contributed by atoms with E-state index in [-0.39, 0.29) is 6.04 Å². The van der Waals surface area contributed by atoms with Crippen LogP contribution in [0.2, 0.25) is 0 Å². The molecule has 3 heteroatoms. The molecule has 0 aliphatic carbocycles. The van der Waals surface area contributed by atoms with Crippen LogP contribution < -0.4 is 5.32 Å². The largest absolute Gasteiger partial charge is 0.376 e. The predicted molar refractivity (Wildman–Crippen MR) is 82.8 cm³/mol. The van der Waals surface area contributed by atoms with Crippen molar-refractivity contribution < 1.29 is 0 Å². The fourth-order valence-corrected chi connectivity index (χ4v) is 2.38. The number of fused-ring (bicyclic) bond motifs is 1. The molecule has 0 spiro atoms. The SMILES string of the molecule is Cc1ccc(NC(C)c2ccccn2)c2cccnc12. The van der Waals surface area contributed by atoms with Gasteiger partial charge in [-0.2, -0.15) is 0 Å². The first-order chi connectivity index (χ1) is 9.75. The molecule has 0 aliphatic heterocycles. The van der Waals surface area contributed by atoms with E-state index in [1.54, 1.807) is 0 Å². The van der Waals surface area contributed by atoms with Gasteiger partial charge in [0.2, 0.25) is 0 Å². The maximum Gasteiger partial charge on any atom is 0.0751 e. The minimum atomic E-state index is 0.155. The second-order valence-corrected chi connectivity index (χ2v) is 4.95. The summed E-state index contributed by atoms with van der Waals surface area (Å²) in [6, 6.07) is 14.4. The molecule has 1 atom stereocenters. The first-order valence-electron chi connectivity index (χ1n) is 6.77. The average molecular weight is 263 g/mol. The highest BCUT2D eigenvalue weighted by atomic mass is 14.9. The van der Waals surface area contributed by atoms with E-state index in [4.69, 9.17) is 0 Å². The molecular formula is C17H17N3. The van der Waals surface area contributed by atoms with E-state index >= 15 is 0 Å². The number of aromatic nitrogens is 2. The molecule has 3 rings (SSSR count). The number of nitrogens with zero attached hydrogens (tertiary/aromatic N) is 2. The summed E-state index contributed by atoms with van der Waals surface area (Å²) >= 11 is 0. The minimum absolute atomic E-state index is 0.155. The molecule has 0 bridgehead atoms. The van der Waals surface area contributed by atoms with Crippen molar-refractivity contribution in [2.24, 2.45) is 0 Å². The van der Waals surface area contributed by atoms with Gasteiger partial charge in [0.25, 0.3) is 0 Å². The molecule has 100 valence electrons.